The molecule has 0 unspecified atom stereocenters. The highest BCUT2D eigenvalue weighted by Crippen LogP contribution is 2.40. The largest absolute Gasteiger partial charge is 0.465 e. The lowest BCUT2D eigenvalue weighted by atomic mass is 9.69. The molecular weight excluding hydrogens is 188 g/mol. The van der Waals surface area contributed by atoms with Crippen LogP contribution in [0.1, 0.15) is 33.1 Å². The molecule has 0 radical (unpaired) electrons. The van der Waals surface area contributed by atoms with Crippen molar-refractivity contribution in [2.75, 3.05) is 6.61 Å². The Hall–Kier alpha value is -0.790. The second kappa shape index (κ2) is 4.38. The molecule has 0 saturated heterocycles. The van der Waals surface area contributed by atoms with Gasteiger partial charge < -0.3 is 4.74 Å². The van der Waals surface area contributed by atoms with Gasteiger partial charge in [0.15, 0.2) is 0 Å². The van der Waals surface area contributed by atoms with Crippen molar-refractivity contribution < 1.29 is 9.53 Å². The van der Waals surface area contributed by atoms with Crippen molar-refractivity contribution in [3.8, 4) is 0 Å². The van der Waals surface area contributed by atoms with Crippen molar-refractivity contribution in [1.29, 1.82) is 0 Å². The van der Waals surface area contributed by atoms with E-state index in [1.54, 1.807) is 0 Å². The third-order valence-electron chi connectivity index (χ3n) is 3.44. The summed E-state index contributed by atoms with van der Waals surface area (Å²) in [5.74, 6) is 1.70. The van der Waals surface area contributed by atoms with E-state index in [9.17, 15) is 4.79 Å². The number of esters is 1. The summed E-state index contributed by atoms with van der Waals surface area (Å²) < 4.78 is 5.32. The first kappa shape index (κ1) is 10.7. The maximum atomic E-state index is 11.8. The molecule has 1 saturated carbocycles. The maximum absolute atomic E-state index is 11.8. The normalized spacial score (nSPS) is 33.4. The van der Waals surface area contributed by atoms with Crippen molar-refractivity contribution in [2.24, 2.45) is 23.7 Å². The Bertz CT molecular complexity index is 268. The van der Waals surface area contributed by atoms with Gasteiger partial charge in [-0.2, -0.15) is 0 Å². The Morgan fingerprint density at radius 1 is 1.40 bits per heavy atom. The number of allylic oxidation sites excluding steroid dienone is 2. The first-order valence-electron chi connectivity index (χ1n) is 6.01. The van der Waals surface area contributed by atoms with E-state index >= 15 is 0 Å². The van der Waals surface area contributed by atoms with E-state index in [-0.39, 0.29) is 11.9 Å². The van der Waals surface area contributed by atoms with Gasteiger partial charge in [0, 0.05) is 0 Å². The summed E-state index contributed by atoms with van der Waals surface area (Å²) in [6.45, 7) is 4.71. The Morgan fingerprint density at radius 2 is 2.20 bits per heavy atom. The summed E-state index contributed by atoms with van der Waals surface area (Å²) >= 11 is 0. The first-order chi connectivity index (χ1) is 7.16. The van der Waals surface area contributed by atoms with E-state index < -0.39 is 0 Å². The fraction of sp³-hybridized carbons (Fsp3) is 0.769. The number of carbonyl (C=O) groups excluding carboxylic acids is 1. The Balaban J connectivity index is 1.89. The number of carbonyl (C=O) groups is 1. The molecule has 0 spiro atoms. The summed E-state index contributed by atoms with van der Waals surface area (Å²) in [5, 5.41) is 0. The average Bonchev–Trinajstić information content (AvgIpc) is 2.27. The lowest BCUT2D eigenvalue weighted by Crippen LogP contribution is -2.34. The predicted octanol–water partition coefficient (Wildman–Crippen LogP) is 2.79. The quantitative estimate of drug-likeness (QED) is 0.526. The van der Waals surface area contributed by atoms with Crippen LogP contribution in [0.5, 0.6) is 0 Å². The maximum Gasteiger partial charge on any atom is 0.309 e. The summed E-state index contributed by atoms with van der Waals surface area (Å²) in [5.41, 5.74) is 0. The standard InChI is InChI=1S/C13H20O2/c1-9(2)8-15-13(14)12-7-10-3-5-11(12)6-4-10/h3,5,9-12H,4,6-8H2,1-2H3/t10-,11+,12+/m1/s1. The molecule has 1 fully saturated rings. The van der Waals surface area contributed by atoms with Crippen LogP contribution in [-0.2, 0) is 9.53 Å². The second-order valence-corrected chi connectivity index (χ2v) is 5.25. The van der Waals surface area contributed by atoms with Crippen LogP contribution in [0.25, 0.3) is 0 Å². The predicted molar refractivity (Wildman–Crippen MR) is 59.3 cm³/mol. The molecule has 84 valence electrons. The molecule has 0 aromatic heterocycles. The monoisotopic (exact) mass is 208 g/mol. The van der Waals surface area contributed by atoms with Crippen LogP contribution in [0.3, 0.4) is 0 Å². The molecule has 0 heterocycles. The molecule has 15 heavy (non-hydrogen) atoms. The summed E-state index contributed by atoms with van der Waals surface area (Å²) in [4.78, 5) is 11.8. The van der Waals surface area contributed by atoms with Gasteiger partial charge in [0.05, 0.1) is 12.5 Å². The van der Waals surface area contributed by atoms with Crippen LogP contribution in [-0.4, -0.2) is 12.6 Å². The van der Waals surface area contributed by atoms with Crippen LogP contribution >= 0.6 is 0 Å². The van der Waals surface area contributed by atoms with Crippen LogP contribution in [0.15, 0.2) is 12.2 Å². The highest BCUT2D eigenvalue weighted by Gasteiger charge is 2.37. The topological polar surface area (TPSA) is 26.3 Å². The average molecular weight is 208 g/mol. The smallest absolute Gasteiger partial charge is 0.309 e. The van der Waals surface area contributed by atoms with E-state index in [4.69, 9.17) is 4.74 Å². The Labute approximate surface area is 91.7 Å². The van der Waals surface area contributed by atoms with Crippen molar-refractivity contribution in [3.05, 3.63) is 12.2 Å². The third-order valence-corrected chi connectivity index (χ3v) is 3.44. The van der Waals surface area contributed by atoms with Gasteiger partial charge in [0.1, 0.15) is 0 Å². The minimum absolute atomic E-state index is 0.0303. The molecule has 2 nitrogen and oxygen atoms in total. The molecule has 3 atom stereocenters. The number of hydrogen-bond acceptors (Lipinski definition) is 2. The molecule has 0 amide bonds. The number of fused-ring (bicyclic) bond motifs is 2. The molecule has 3 rings (SSSR count). The number of hydrogen-bond donors (Lipinski definition) is 0. The van der Waals surface area contributed by atoms with Gasteiger partial charge in [0.25, 0.3) is 0 Å². The molecule has 0 aliphatic heterocycles. The van der Waals surface area contributed by atoms with Crippen molar-refractivity contribution in [2.45, 2.75) is 33.1 Å². The van der Waals surface area contributed by atoms with E-state index in [1.165, 1.54) is 12.8 Å². The van der Waals surface area contributed by atoms with Gasteiger partial charge in [-0.25, -0.2) is 0 Å². The molecule has 0 aromatic carbocycles. The molecule has 3 aliphatic carbocycles. The lowest BCUT2D eigenvalue weighted by molar-refractivity contribution is -0.152. The lowest BCUT2D eigenvalue weighted by Gasteiger charge is -2.36. The zero-order valence-electron chi connectivity index (χ0n) is 9.61. The zero-order valence-corrected chi connectivity index (χ0v) is 9.61. The summed E-state index contributed by atoms with van der Waals surface area (Å²) in [7, 11) is 0. The molecule has 2 heteroatoms. The number of ether oxygens (including phenoxy) is 1. The molecule has 2 bridgehead atoms. The highest BCUT2D eigenvalue weighted by molar-refractivity contribution is 5.73. The zero-order chi connectivity index (χ0) is 10.8. The SMILES string of the molecule is CC(C)COC(=O)[C@H]1C[C@@H]2C=C[C@H]1CC2. The fourth-order valence-corrected chi connectivity index (χ4v) is 2.56. The van der Waals surface area contributed by atoms with E-state index in [0.717, 1.165) is 6.42 Å². The minimum Gasteiger partial charge on any atom is -0.465 e. The van der Waals surface area contributed by atoms with Crippen LogP contribution in [0.4, 0.5) is 0 Å². The van der Waals surface area contributed by atoms with Crippen LogP contribution in [0.2, 0.25) is 0 Å². The van der Waals surface area contributed by atoms with Crippen molar-refractivity contribution in [3.63, 3.8) is 0 Å². The fourth-order valence-electron chi connectivity index (χ4n) is 2.56. The molecule has 3 aliphatic rings. The van der Waals surface area contributed by atoms with Gasteiger partial charge >= 0.3 is 5.97 Å². The van der Waals surface area contributed by atoms with Crippen molar-refractivity contribution in [1.82, 2.24) is 0 Å². The van der Waals surface area contributed by atoms with Gasteiger partial charge in [-0.1, -0.05) is 26.0 Å². The minimum atomic E-state index is 0.0303. The van der Waals surface area contributed by atoms with E-state index in [1.807, 2.05) is 0 Å². The van der Waals surface area contributed by atoms with Crippen molar-refractivity contribution >= 4 is 5.97 Å². The van der Waals surface area contributed by atoms with E-state index in [0.29, 0.717) is 24.4 Å². The Kier molecular flexibility index (Phi) is 3.13. The van der Waals surface area contributed by atoms with Crippen LogP contribution < -0.4 is 0 Å². The molecule has 0 aromatic rings. The van der Waals surface area contributed by atoms with Gasteiger partial charge in [-0.3, -0.25) is 4.79 Å². The highest BCUT2D eigenvalue weighted by atomic mass is 16.5. The number of rotatable bonds is 3. The summed E-state index contributed by atoms with van der Waals surface area (Å²) in [6, 6.07) is 0. The second-order valence-electron chi connectivity index (χ2n) is 5.25. The molecule has 0 N–H and O–H groups in total. The molecular formula is C13H20O2. The van der Waals surface area contributed by atoms with Gasteiger partial charge in [-0.05, 0) is 37.0 Å². The van der Waals surface area contributed by atoms with E-state index in [2.05, 4.69) is 26.0 Å². The van der Waals surface area contributed by atoms with Gasteiger partial charge in [-0.15, -0.1) is 0 Å². The summed E-state index contributed by atoms with van der Waals surface area (Å²) in [6.07, 6.45) is 7.94. The van der Waals surface area contributed by atoms with Gasteiger partial charge in [0.2, 0.25) is 0 Å². The third kappa shape index (κ3) is 2.42. The first-order valence-corrected chi connectivity index (χ1v) is 6.01. The van der Waals surface area contributed by atoms with Crippen LogP contribution in [0, 0.1) is 23.7 Å². The Morgan fingerprint density at radius 3 is 2.67 bits per heavy atom.